The molecule has 0 aromatic heterocycles. The summed E-state index contributed by atoms with van der Waals surface area (Å²) in [7, 11) is 6.16. The molecule has 0 aliphatic carbocycles. The van der Waals surface area contributed by atoms with Crippen molar-refractivity contribution in [2.75, 3.05) is 33.7 Å². The van der Waals surface area contributed by atoms with Gasteiger partial charge in [-0.2, -0.15) is 0 Å². The smallest absolute Gasteiger partial charge is 0.254 e. The highest BCUT2D eigenvalue weighted by atomic mass is 35.5. The number of ether oxygens (including phenoxy) is 3. The molecular weight excluding hydrogens is 475 g/mol. The predicted octanol–water partition coefficient (Wildman–Crippen LogP) is 5.05. The highest BCUT2D eigenvalue weighted by molar-refractivity contribution is 6.33. The van der Waals surface area contributed by atoms with Crippen molar-refractivity contribution in [2.45, 2.75) is 12.0 Å². The van der Waals surface area contributed by atoms with E-state index in [4.69, 9.17) is 25.8 Å². The van der Waals surface area contributed by atoms with Gasteiger partial charge < -0.3 is 24.4 Å². The van der Waals surface area contributed by atoms with Crippen LogP contribution in [0.3, 0.4) is 0 Å². The fraction of sp³-hybridized carbons (Fsp3) is 0.231. The molecule has 1 aliphatic rings. The predicted molar refractivity (Wildman–Crippen MR) is 130 cm³/mol. The number of benzene rings is 3. The fourth-order valence-corrected chi connectivity index (χ4v) is 4.56. The van der Waals surface area contributed by atoms with Gasteiger partial charge in [-0.15, -0.1) is 0 Å². The molecule has 4 rings (SSSR count). The molecule has 35 heavy (non-hydrogen) atoms. The second-order valence-electron chi connectivity index (χ2n) is 8.02. The van der Waals surface area contributed by atoms with E-state index >= 15 is 0 Å². The molecule has 1 heterocycles. The zero-order valence-corrected chi connectivity index (χ0v) is 20.4. The van der Waals surface area contributed by atoms with Gasteiger partial charge in [-0.05, 0) is 53.6 Å². The zero-order chi connectivity index (χ0) is 25.3. The number of halogens is 2. The Morgan fingerprint density at radius 3 is 2.23 bits per heavy atom. The monoisotopic (exact) mass is 498 g/mol. The maximum Gasteiger partial charge on any atom is 0.254 e. The van der Waals surface area contributed by atoms with Crippen molar-refractivity contribution in [3.05, 3.63) is 82.1 Å². The summed E-state index contributed by atoms with van der Waals surface area (Å²) < 4.78 is 29.6. The van der Waals surface area contributed by atoms with Gasteiger partial charge in [0.25, 0.3) is 5.91 Å². The van der Waals surface area contributed by atoms with Gasteiger partial charge in [0.05, 0.1) is 44.0 Å². The number of methoxy groups -OCH3 is 3. The van der Waals surface area contributed by atoms with Crippen LogP contribution in [0.5, 0.6) is 17.2 Å². The Bertz CT molecular complexity index is 1280. The normalized spacial score (nSPS) is 17.0. The number of likely N-dealkylation sites (N-methyl/N-ethyl adjacent to an activating group) is 1. The van der Waals surface area contributed by atoms with Gasteiger partial charge in [0.15, 0.2) is 11.5 Å². The molecule has 3 aromatic rings. The summed E-state index contributed by atoms with van der Waals surface area (Å²) in [5.74, 6) is -0.662. The lowest BCUT2D eigenvalue weighted by molar-refractivity contribution is -0.119. The maximum atomic E-state index is 13.8. The van der Waals surface area contributed by atoms with Crippen molar-refractivity contribution < 1.29 is 28.2 Å². The molecule has 182 valence electrons. The molecular formula is C26H24ClFN2O5. The number of anilines is 1. The van der Waals surface area contributed by atoms with Crippen LogP contribution in [0.25, 0.3) is 0 Å². The quantitative estimate of drug-likeness (QED) is 0.514. The highest BCUT2D eigenvalue weighted by Crippen LogP contribution is 2.46. The first-order chi connectivity index (χ1) is 16.8. The number of nitrogens with zero attached hydrogens (tertiary/aromatic N) is 1. The molecule has 0 saturated heterocycles. The molecule has 2 atom stereocenters. The zero-order valence-electron chi connectivity index (χ0n) is 19.6. The van der Waals surface area contributed by atoms with Crippen molar-refractivity contribution in [3.8, 4) is 17.2 Å². The van der Waals surface area contributed by atoms with Gasteiger partial charge in [-0.1, -0.05) is 23.7 Å². The van der Waals surface area contributed by atoms with Crippen LogP contribution < -0.4 is 19.5 Å². The number of hydrogen-bond acceptors (Lipinski definition) is 5. The van der Waals surface area contributed by atoms with Crippen LogP contribution in [0.2, 0.25) is 5.02 Å². The molecule has 1 aliphatic heterocycles. The first-order valence-corrected chi connectivity index (χ1v) is 11.1. The van der Waals surface area contributed by atoms with Crippen LogP contribution in [0.15, 0.2) is 54.6 Å². The van der Waals surface area contributed by atoms with E-state index in [9.17, 15) is 14.0 Å². The summed E-state index contributed by atoms with van der Waals surface area (Å²) in [6.45, 7) is 0. The average Bonchev–Trinajstić information content (AvgIpc) is 2.86. The molecule has 7 nitrogen and oxygen atoms in total. The molecule has 9 heteroatoms. The standard InChI is InChI=1S/C26H24ClFN2O5/c1-30-24(14-5-8-16(33-2)9-6-14)23(25(31)29-20-10-7-15(28)11-19(20)27)17-12-21(34-3)22(35-4)13-18(17)26(30)32/h5-13,23-24H,1-4H3,(H,29,31)/t23-,24+/m0/s1. The summed E-state index contributed by atoms with van der Waals surface area (Å²) >= 11 is 6.17. The largest absolute Gasteiger partial charge is 0.497 e. The van der Waals surface area contributed by atoms with Crippen LogP contribution in [-0.4, -0.2) is 45.1 Å². The van der Waals surface area contributed by atoms with Crippen LogP contribution >= 0.6 is 11.6 Å². The Morgan fingerprint density at radius 1 is 0.971 bits per heavy atom. The van der Waals surface area contributed by atoms with Crippen molar-refractivity contribution >= 4 is 29.1 Å². The number of carbonyl (C=O) groups is 2. The maximum absolute atomic E-state index is 13.8. The van der Waals surface area contributed by atoms with Gasteiger partial charge in [0, 0.05) is 12.6 Å². The van der Waals surface area contributed by atoms with Crippen LogP contribution in [-0.2, 0) is 4.79 Å². The van der Waals surface area contributed by atoms with Gasteiger partial charge in [-0.25, -0.2) is 4.39 Å². The summed E-state index contributed by atoms with van der Waals surface area (Å²) in [5.41, 5.74) is 1.78. The van der Waals surface area contributed by atoms with Crippen molar-refractivity contribution in [2.24, 2.45) is 0 Å². The van der Waals surface area contributed by atoms with Crippen molar-refractivity contribution in [1.29, 1.82) is 0 Å². The topological polar surface area (TPSA) is 77.1 Å². The van der Waals surface area contributed by atoms with Gasteiger partial charge in [0.1, 0.15) is 11.6 Å². The second-order valence-corrected chi connectivity index (χ2v) is 8.43. The Morgan fingerprint density at radius 2 is 1.63 bits per heavy atom. The van der Waals surface area contributed by atoms with E-state index < -0.39 is 23.7 Å². The first-order valence-electron chi connectivity index (χ1n) is 10.7. The third-order valence-electron chi connectivity index (χ3n) is 6.10. The van der Waals surface area contributed by atoms with Crippen molar-refractivity contribution in [3.63, 3.8) is 0 Å². The molecule has 0 saturated carbocycles. The number of carbonyl (C=O) groups excluding carboxylic acids is 2. The molecule has 2 amide bonds. The number of hydrogen-bond donors (Lipinski definition) is 1. The van der Waals surface area contributed by atoms with Gasteiger partial charge in [0.2, 0.25) is 5.91 Å². The number of rotatable bonds is 6. The lowest BCUT2D eigenvalue weighted by atomic mass is 9.79. The minimum atomic E-state index is -0.845. The number of fused-ring (bicyclic) bond motifs is 1. The summed E-state index contributed by atoms with van der Waals surface area (Å²) in [5, 5.41) is 2.86. The van der Waals surface area contributed by atoms with E-state index in [0.29, 0.717) is 28.4 Å². The summed E-state index contributed by atoms with van der Waals surface area (Å²) in [6.07, 6.45) is 0. The SMILES string of the molecule is COc1ccc([C@@H]2[C@@H](C(=O)Nc3ccc(F)cc3Cl)c3cc(OC)c(OC)cc3C(=O)N2C)cc1. The van der Waals surface area contributed by atoms with Crippen LogP contribution in [0, 0.1) is 5.82 Å². The molecule has 3 aromatic carbocycles. The van der Waals surface area contributed by atoms with E-state index in [0.717, 1.165) is 11.6 Å². The third-order valence-corrected chi connectivity index (χ3v) is 6.42. The minimum Gasteiger partial charge on any atom is -0.497 e. The second kappa shape index (κ2) is 9.84. The number of nitrogens with one attached hydrogen (secondary N) is 1. The van der Waals surface area contributed by atoms with Gasteiger partial charge in [-0.3, -0.25) is 9.59 Å². The van der Waals surface area contributed by atoms with E-state index in [2.05, 4.69) is 5.32 Å². The van der Waals surface area contributed by atoms with E-state index in [1.807, 2.05) is 12.1 Å². The molecule has 0 radical (unpaired) electrons. The summed E-state index contributed by atoms with van der Waals surface area (Å²) in [4.78, 5) is 28.7. The molecule has 0 fully saturated rings. The van der Waals surface area contributed by atoms with Gasteiger partial charge >= 0.3 is 0 Å². The minimum absolute atomic E-state index is 0.0622. The van der Waals surface area contributed by atoms with E-state index in [1.165, 1.54) is 31.3 Å². The average molecular weight is 499 g/mol. The Hall–Kier alpha value is -3.78. The summed E-state index contributed by atoms with van der Waals surface area (Å²) in [6, 6.07) is 13.4. The Labute approximate surface area is 207 Å². The van der Waals surface area contributed by atoms with Crippen LogP contribution in [0.1, 0.15) is 33.4 Å². The van der Waals surface area contributed by atoms with Crippen molar-refractivity contribution in [1.82, 2.24) is 4.90 Å². The fourth-order valence-electron chi connectivity index (χ4n) is 4.35. The highest BCUT2D eigenvalue weighted by Gasteiger charge is 2.43. The molecule has 0 spiro atoms. The molecule has 0 unspecified atom stereocenters. The number of amides is 2. The molecule has 0 bridgehead atoms. The van der Waals surface area contributed by atoms with E-state index in [-0.39, 0.29) is 16.6 Å². The lowest BCUT2D eigenvalue weighted by Crippen LogP contribution is -2.44. The third kappa shape index (κ3) is 4.49. The van der Waals surface area contributed by atoms with Crippen LogP contribution in [0.4, 0.5) is 10.1 Å². The molecule has 1 N–H and O–H groups in total. The van der Waals surface area contributed by atoms with E-state index in [1.54, 1.807) is 38.4 Å². The Balaban J connectivity index is 1.87. The first kappa shape index (κ1) is 24.3. The Kier molecular flexibility index (Phi) is 6.84. The lowest BCUT2D eigenvalue weighted by Gasteiger charge is -2.40.